The number of rotatable bonds is 2. The Hall–Kier alpha value is -1.19. The fourth-order valence-corrected chi connectivity index (χ4v) is 4.35. The summed E-state index contributed by atoms with van der Waals surface area (Å²) in [6.45, 7) is 3.76. The van der Waals surface area contributed by atoms with Gasteiger partial charge in [0.05, 0.1) is 6.10 Å². The summed E-state index contributed by atoms with van der Waals surface area (Å²) in [7, 11) is 0. The zero-order valence-electron chi connectivity index (χ0n) is 11.8. The molecular weight excluding hydrogens is 271 g/mol. The van der Waals surface area contributed by atoms with Gasteiger partial charge in [-0.15, -0.1) is 11.3 Å². The Morgan fingerprint density at radius 1 is 1.35 bits per heavy atom. The van der Waals surface area contributed by atoms with E-state index >= 15 is 0 Å². The van der Waals surface area contributed by atoms with Gasteiger partial charge in [0, 0.05) is 16.4 Å². The van der Waals surface area contributed by atoms with E-state index in [9.17, 15) is 9.50 Å². The third-order valence-electron chi connectivity index (χ3n) is 4.26. The quantitative estimate of drug-likeness (QED) is 0.853. The summed E-state index contributed by atoms with van der Waals surface area (Å²) in [5.74, 6) is -0.252. The van der Waals surface area contributed by atoms with Crippen LogP contribution in [0.15, 0.2) is 23.6 Å². The van der Waals surface area contributed by atoms with Gasteiger partial charge in [0.25, 0.3) is 0 Å². The van der Waals surface area contributed by atoms with Gasteiger partial charge in [-0.25, -0.2) is 4.39 Å². The standard InChI is InChI=1S/C17H19FOS/c1-10-8-11(2)16(14(18)9-10)17(19)13-4-3-5-15-12(13)6-7-20-15/h6-9,13,17,19H,3-5H2,1-2H3. The molecule has 20 heavy (non-hydrogen) atoms. The first-order valence-corrected chi connectivity index (χ1v) is 7.97. The second-order valence-corrected chi connectivity index (χ2v) is 6.72. The first kappa shape index (κ1) is 13.8. The molecule has 1 heterocycles. The molecular formula is C17H19FOS. The van der Waals surface area contributed by atoms with Crippen molar-refractivity contribution in [1.29, 1.82) is 0 Å². The molecule has 0 radical (unpaired) electrons. The van der Waals surface area contributed by atoms with Crippen molar-refractivity contribution in [3.63, 3.8) is 0 Å². The van der Waals surface area contributed by atoms with E-state index in [0.29, 0.717) is 5.56 Å². The van der Waals surface area contributed by atoms with Crippen molar-refractivity contribution < 1.29 is 9.50 Å². The lowest BCUT2D eigenvalue weighted by molar-refractivity contribution is 0.131. The minimum atomic E-state index is -0.746. The van der Waals surface area contributed by atoms with Crippen LogP contribution in [0.1, 0.15) is 52.0 Å². The van der Waals surface area contributed by atoms with E-state index in [-0.39, 0.29) is 11.7 Å². The van der Waals surface area contributed by atoms with Crippen LogP contribution in [0.2, 0.25) is 0 Å². The number of halogens is 1. The lowest BCUT2D eigenvalue weighted by atomic mass is 9.80. The molecule has 1 N–H and O–H groups in total. The number of aryl methyl sites for hydroxylation is 3. The Labute approximate surface area is 123 Å². The predicted octanol–water partition coefficient (Wildman–Crippen LogP) is 4.66. The van der Waals surface area contributed by atoms with E-state index in [0.717, 1.165) is 30.4 Å². The van der Waals surface area contributed by atoms with Gasteiger partial charge in [0.1, 0.15) is 5.82 Å². The van der Waals surface area contributed by atoms with Crippen LogP contribution in [0.4, 0.5) is 4.39 Å². The summed E-state index contributed by atoms with van der Waals surface area (Å²) >= 11 is 1.75. The highest BCUT2D eigenvalue weighted by molar-refractivity contribution is 7.10. The minimum absolute atomic E-state index is 0.0286. The van der Waals surface area contributed by atoms with Crippen LogP contribution < -0.4 is 0 Å². The molecule has 2 unspecified atom stereocenters. The topological polar surface area (TPSA) is 20.2 Å². The van der Waals surface area contributed by atoms with E-state index in [1.165, 1.54) is 16.5 Å². The van der Waals surface area contributed by atoms with Crippen molar-refractivity contribution in [2.45, 2.75) is 45.1 Å². The SMILES string of the molecule is Cc1cc(C)c(C(O)C2CCCc3sccc32)c(F)c1. The smallest absolute Gasteiger partial charge is 0.129 e. The highest BCUT2D eigenvalue weighted by Crippen LogP contribution is 2.43. The molecule has 2 aromatic rings. The molecule has 0 spiro atoms. The van der Waals surface area contributed by atoms with Crippen LogP contribution in [0, 0.1) is 19.7 Å². The number of aliphatic hydroxyl groups excluding tert-OH is 1. The Morgan fingerprint density at radius 3 is 2.90 bits per heavy atom. The van der Waals surface area contributed by atoms with Crippen molar-refractivity contribution in [3.05, 3.63) is 56.5 Å². The Bertz CT molecular complexity index is 609. The molecule has 1 aliphatic carbocycles. The molecule has 0 saturated heterocycles. The van der Waals surface area contributed by atoms with Crippen LogP contribution in [0.5, 0.6) is 0 Å². The zero-order valence-corrected chi connectivity index (χ0v) is 12.6. The molecule has 1 nitrogen and oxygen atoms in total. The monoisotopic (exact) mass is 290 g/mol. The fourth-order valence-electron chi connectivity index (χ4n) is 3.35. The number of thiophene rings is 1. The van der Waals surface area contributed by atoms with E-state index < -0.39 is 6.10 Å². The molecule has 0 saturated carbocycles. The minimum Gasteiger partial charge on any atom is -0.388 e. The number of hydrogen-bond donors (Lipinski definition) is 1. The van der Waals surface area contributed by atoms with Crippen molar-refractivity contribution >= 4 is 11.3 Å². The second-order valence-electron chi connectivity index (χ2n) is 5.72. The first-order chi connectivity index (χ1) is 9.58. The highest BCUT2D eigenvalue weighted by Gasteiger charge is 2.30. The third kappa shape index (κ3) is 2.29. The van der Waals surface area contributed by atoms with Gasteiger partial charge < -0.3 is 5.11 Å². The Balaban J connectivity index is 2.01. The number of aliphatic hydroxyl groups is 1. The van der Waals surface area contributed by atoms with Gasteiger partial charge in [-0.1, -0.05) is 6.07 Å². The molecule has 0 aliphatic heterocycles. The van der Waals surface area contributed by atoms with Gasteiger partial charge in [-0.3, -0.25) is 0 Å². The molecule has 3 heteroatoms. The molecule has 0 amide bonds. The zero-order chi connectivity index (χ0) is 14.3. The number of hydrogen-bond acceptors (Lipinski definition) is 2. The van der Waals surface area contributed by atoms with Crippen LogP contribution >= 0.6 is 11.3 Å². The van der Waals surface area contributed by atoms with Gasteiger partial charge >= 0.3 is 0 Å². The van der Waals surface area contributed by atoms with Crippen LogP contribution in [0.25, 0.3) is 0 Å². The summed E-state index contributed by atoms with van der Waals surface area (Å²) in [4.78, 5) is 1.35. The van der Waals surface area contributed by atoms with Crippen molar-refractivity contribution in [3.8, 4) is 0 Å². The number of benzene rings is 1. The number of fused-ring (bicyclic) bond motifs is 1. The lowest BCUT2D eigenvalue weighted by Crippen LogP contribution is -2.17. The van der Waals surface area contributed by atoms with Crippen molar-refractivity contribution in [2.75, 3.05) is 0 Å². The van der Waals surface area contributed by atoms with Gasteiger partial charge in [-0.05, 0) is 67.3 Å². The second kappa shape index (κ2) is 5.30. The van der Waals surface area contributed by atoms with Crippen molar-refractivity contribution in [2.24, 2.45) is 0 Å². The molecule has 3 rings (SSSR count). The van der Waals surface area contributed by atoms with E-state index in [2.05, 4.69) is 11.4 Å². The molecule has 0 bridgehead atoms. The maximum absolute atomic E-state index is 14.3. The van der Waals surface area contributed by atoms with Gasteiger partial charge in [0.15, 0.2) is 0 Å². The van der Waals surface area contributed by atoms with Crippen LogP contribution in [-0.2, 0) is 6.42 Å². The predicted molar refractivity (Wildman–Crippen MR) is 80.8 cm³/mol. The van der Waals surface area contributed by atoms with E-state index in [1.807, 2.05) is 19.9 Å². The van der Waals surface area contributed by atoms with E-state index in [4.69, 9.17) is 0 Å². The average Bonchev–Trinajstić information content (AvgIpc) is 2.85. The lowest BCUT2D eigenvalue weighted by Gasteiger charge is -2.28. The fraction of sp³-hybridized carbons (Fsp3) is 0.412. The Kier molecular flexibility index (Phi) is 3.65. The molecule has 1 aliphatic rings. The third-order valence-corrected chi connectivity index (χ3v) is 5.25. The average molecular weight is 290 g/mol. The van der Waals surface area contributed by atoms with Gasteiger partial charge in [-0.2, -0.15) is 0 Å². The maximum atomic E-state index is 14.3. The molecule has 1 aromatic carbocycles. The first-order valence-electron chi connectivity index (χ1n) is 7.09. The molecule has 1 aromatic heterocycles. The molecule has 2 atom stereocenters. The van der Waals surface area contributed by atoms with Crippen LogP contribution in [-0.4, -0.2) is 5.11 Å². The highest BCUT2D eigenvalue weighted by atomic mass is 32.1. The Morgan fingerprint density at radius 2 is 2.15 bits per heavy atom. The summed E-state index contributed by atoms with van der Waals surface area (Å²) in [5.41, 5.74) is 3.43. The molecule has 0 fully saturated rings. The molecule has 106 valence electrons. The normalized spacial score (nSPS) is 19.7. The summed E-state index contributed by atoms with van der Waals surface area (Å²) in [5, 5.41) is 12.8. The van der Waals surface area contributed by atoms with E-state index in [1.54, 1.807) is 11.3 Å². The van der Waals surface area contributed by atoms with Gasteiger partial charge in [0.2, 0.25) is 0 Å². The summed E-state index contributed by atoms with van der Waals surface area (Å²) < 4.78 is 14.3. The maximum Gasteiger partial charge on any atom is 0.129 e. The van der Waals surface area contributed by atoms with Crippen molar-refractivity contribution in [1.82, 2.24) is 0 Å². The summed E-state index contributed by atoms with van der Waals surface area (Å²) in [6.07, 6.45) is 2.34. The largest absolute Gasteiger partial charge is 0.388 e. The van der Waals surface area contributed by atoms with Crippen LogP contribution in [0.3, 0.4) is 0 Å². The summed E-state index contributed by atoms with van der Waals surface area (Å²) in [6, 6.07) is 5.55.